The first-order valence-electron chi connectivity index (χ1n) is 11.7. The van der Waals surface area contributed by atoms with E-state index in [-0.39, 0.29) is 29.0 Å². The van der Waals surface area contributed by atoms with Gasteiger partial charge in [-0.25, -0.2) is 22.8 Å². The molecule has 2 heterocycles. The summed E-state index contributed by atoms with van der Waals surface area (Å²) >= 11 is 0. The largest absolute Gasteiger partial charge is 0.487 e. The predicted molar refractivity (Wildman–Crippen MR) is 124 cm³/mol. The van der Waals surface area contributed by atoms with Crippen LogP contribution in [0.25, 0.3) is 0 Å². The fraction of sp³-hybridized carbons (Fsp3) is 0.583. The Morgan fingerprint density at radius 2 is 1.61 bits per heavy atom. The van der Waals surface area contributed by atoms with E-state index in [0.717, 1.165) is 81.9 Å². The van der Waals surface area contributed by atoms with Gasteiger partial charge in [-0.3, -0.25) is 0 Å². The standard InChI is InChI=1S/C24H32FN3O4S/c1-3-17-15-26-24(27-16-17)28-12-10-20(11-13-28)31-18-4-6-19(7-5-18)32-23-9-8-21(14-22(23)25)33(2,29)30/h8-9,14-16,18-20H,3-7,10-13H2,1-2H3. The number of piperidine rings is 1. The number of sulfone groups is 1. The minimum absolute atomic E-state index is 0.0416. The van der Waals surface area contributed by atoms with Crippen LogP contribution in [0.2, 0.25) is 0 Å². The lowest BCUT2D eigenvalue weighted by molar-refractivity contribution is -0.0530. The number of aromatic nitrogens is 2. The summed E-state index contributed by atoms with van der Waals surface area (Å²) in [5.74, 6) is 0.254. The SMILES string of the molecule is CCc1cnc(N2CCC(OC3CCC(Oc4ccc(S(C)(=O)=O)cc4F)CC3)CC2)nc1. The van der Waals surface area contributed by atoms with E-state index >= 15 is 0 Å². The normalized spacial score (nSPS) is 22.3. The highest BCUT2D eigenvalue weighted by Crippen LogP contribution is 2.30. The molecule has 2 aromatic rings. The highest BCUT2D eigenvalue weighted by atomic mass is 32.2. The zero-order valence-corrected chi connectivity index (χ0v) is 20.1. The Hall–Kier alpha value is -2.26. The van der Waals surface area contributed by atoms with Gasteiger partial charge in [-0.05, 0) is 68.7 Å². The molecule has 9 heteroatoms. The van der Waals surface area contributed by atoms with E-state index in [9.17, 15) is 12.8 Å². The predicted octanol–water partition coefficient (Wildman–Crippen LogP) is 3.96. The summed E-state index contributed by atoms with van der Waals surface area (Å²) in [6.45, 7) is 3.87. The Labute approximate surface area is 195 Å². The maximum atomic E-state index is 14.3. The van der Waals surface area contributed by atoms with Gasteiger partial charge in [-0.2, -0.15) is 0 Å². The molecule has 7 nitrogen and oxygen atoms in total. The van der Waals surface area contributed by atoms with Gasteiger partial charge in [0.1, 0.15) is 0 Å². The van der Waals surface area contributed by atoms with Crippen molar-refractivity contribution < 1.29 is 22.3 Å². The first kappa shape index (κ1) is 23.9. The lowest BCUT2D eigenvalue weighted by Crippen LogP contribution is -2.40. The molecule has 33 heavy (non-hydrogen) atoms. The van der Waals surface area contributed by atoms with Crippen LogP contribution in [0.15, 0.2) is 35.5 Å². The van der Waals surface area contributed by atoms with Crippen molar-refractivity contribution in [2.75, 3.05) is 24.2 Å². The zero-order valence-electron chi connectivity index (χ0n) is 19.2. The van der Waals surface area contributed by atoms with Crippen molar-refractivity contribution in [3.05, 3.63) is 42.0 Å². The van der Waals surface area contributed by atoms with Crippen LogP contribution < -0.4 is 9.64 Å². The van der Waals surface area contributed by atoms with Crippen molar-refractivity contribution in [1.82, 2.24) is 9.97 Å². The molecule has 0 atom stereocenters. The molecule has 0 unspecified atom stereocenters. The highest BCUT2D eigenvalue weighted by molar-refractivity contribution is 7.90. The third kappa shape index (κ3) is 6.20. The molecule has 1 saturated heterocycles. The van der Waals surface area contributed by atoms with E-state index in [2.05, 4.69) is 21.8 Å². The third-order valence-electron chi connectivity index (χ3n) is 6.46. The molecule has 1 saturated carbocycles. The van der Waals surface area contributed by atoms with E-state index in [1.165, 1.54) is 12.1 Å². The number of nitrogens with zero attached hydrogens (tertiary/aromatic N) is 3. The van der Waals surface area contributed by atoms with Gasteiger partial charge in [-0.1, -0.05) is 6.92 Å². The maximum absolute atomic E-state index is 14.3. The van der Waals surface area contributed by atoms with Crippen LogP contribution in [-0.2, 0) is 21.0 Å². The van der Waals surface area contributed by atoms with E-state index in [4.69, 9.17) is 9.47 Å². The van der Waals surface area contributed by atoms with Crippen molar-refractivity contribution in [3.63, 3.8) is 0 Å². The molecule has 2 fully saturated rings. The smallest absolute Gasteiger partial charge is 0.225 e. The van der Waals surface area contributed by atoms with Crippen LogP contribution in [0.1, 0.15) is 51.0 Å². The Bertz CT molecular complexity index is 1030. The molecule has 0 spiro atoms. The van der Waals surface area contributed by atoms with Gasteiger partial charge in [0.15, 0.2) is 21.4 Å². The van der Waals surface area contributed by atoms with E-state index in [0.29, 0.717) is 0 Å². The van der Waals surface area contributed by atoms with Crippen molar-refractivity contribution >= 4 is 15.8 Å². The Kier molecular flexibility index (Phi) is 7.48. The lowest BCUT2D eigenvalue weighted by atomic mass is 9.94. The molecule has 2 aliphatic rings. The van der Waals surface area contributed by atoms with E-state index < -0.39 is 15.7 Å². The van der Waals surface area contributed by atoms with Crippen molar-refractivity contribution in [1.29, 1.82) is 0 Å². The van der Waals surface area contributed by atoms with Crippen LogP contribution in [-0.4, -0.2) is 56.0 Å². The quantitative estimate of drug-likeness (QED) is 0.597. The number of ether oxygens (including phenoxy) is 2. The van der Waals surface area contributed by atoms with Gasteiger partial charge in [0.25, 0.3) is 0 Å². The lowest BCUT2D eigenvalue weighted by Gasteiger charge is -2.36. The van der Waals surface area contributed by atoms with Crippen LogP contribution in [0, 0.1) is 5.82 Å². The Morgan fingerprint density at radius 3 is 2.18 bits per heavy atom. The summed E-state index contributed by atoms with van der Waals surface area (Å²) in [6, 6.07) is 3.81. The third-order valence-corrected chi connectivity index (χ3v) is 7.57. The second-order valence-corrected chi connectivity index (χ2v) is 11.0. The molecular formula is C24H32FN3O4S. The van der Waals surface area contributed by atoms with Crippen molar-refractivity contribution in [3.8, 4) is 5.75 Å². The number of hydrogen-bond donors (Lipinski definition) is 0. The number of hydrogen-bond acceptors (Lipinski definition) is 7. The van der Waals surface area contributed by atoms with Gasteiger partial charge in [0, 0.05) is 31.7 Å². The summed E-state index contributed by atoms with van der Waals surface area (Å²) in [6.07, 6.45) is 11.4. The molecule has 180 valence electrons. The van der Waals surface area contributed by atoms with Crippen molar-refractivity contribution in [2.45, 2.75) is 75.1 Å². The summed E-state index contributed by atoms with van der Waals surface area (Å²) < 4.78 is 49.6. The van der Waals surface area contributed by atoms with Gasteiger partial charge >= 0.3 is 0 Å². The second-order valence-electron chi connectivity index (χ2n) is 8.95. The Morgan fingerprint density at radius 1 is 1.00 bits per heavy atom. The maximum Gasteiger partial charge on any atom is 0.225 e. The number of aryl methyl sites for hydroxylation is 1. The number of rotatable bonds is 7. The van der Waals surface area contributed by atoms with Gasteiger partial charge < -0.3 is 14.4 Å². The van der Waals surface area contributed by atoms with Crippen LogP contribution in [0.5, 0.6) is 5.75 Å². The summed E-state index contributed by atoms with van der Waals surface area (Å²) in [5, 5.41) is 0. The fourth-order valence-corrected chi connectivity index (χ4v) is 5.06. The number of anilines is 1. The van der Waals surface area contributed by atoms with E-state index in [1.54, 1.807) is 0 Å². The summed E-state index contributed by atoms with van der Waals surface area (Å²) in [7, 11) is -3.44. The number of benzene rings is 1. The molecule has 0 radical (unpaired) electrons. The fourth-order valence-electron chi connectivity index (χ4n) is 4.43. The van der Waals surface area contributed by atoms with Crippen LogP contribution in [0.4, 0.5) is 10.3 Å². The van der Waals surface area contributed by atoms with Crippen molar-refractivity contribution in [2.24, 2.45) is 0 Å². The molecular weight excluding hydrogens is 445 g/mol. The van der Waals surface area contributed by atoms with Gasteiger partial charge in [0.2, 0.25) is 5.95 Å². The van der Waals surface area contributed by atoms with Gasteiger partial charge in [-0.15, -0.1) is 0 Å². The Balaban J connectivity index is 1.21. The molecule has 0 amide bonds. The summed E-state index contributed by atoms with van der Waals surface area (Å²) in [5.41, 5.74) is 1.14. The molecule has 4 rings (SSSR count). The average molecular weight is 478 g/mol. The first-order valence-corrected chi connectivity index (χ1v) is 13.6. The minimum atomic E-state index is -3.44. The summed E-state index contributed by atoms with van der Waals surface area (Å²) in [4.78, 5) is 11.1. The average Bonchev–Trinajstić information content (AvgIpc) is 2.81. The monoisotopic (exact) mass is 477 g/mol. The van der Waals surface area contributed by atoms with Gasteiger partial charge in [0.05, 0.1) is 23.2 Å². The topological polar surface area (TPSA) is 81.6 Å². The highest BCUT2D eigenvalue weighted by Gasteiger charge is 2.28. The molecule has 1 aliphatic carbocycles. The molecule has 1 aromatic carbocycles. The molecule has 0 bridgehead atoms. The second kappa shape index (κ2) is 10.3. The minimum Gasteiger partial charge on any atom is -0.487 e. The van der Waals surface area contributed by atoms with E-state index in [1.807, 2.05) is 12.4 Å². The zero-order chi connectivity index (χ0) is 23.4. The molecule has 0 N–H and O–H groups in total. The first-order chi connectivity index (χ1) is 15.8. The molecule has 1 aromatic heterocycles. The van der Waals surface area contributed by atoms with Crippen LogP contribution in [0.3, 0.4) is 0 Å². The molecule has 1 aliphatic heterocycles. The number of halogens is 1. The van der Waals surface area contributed by atoms with Crippen LogP contribution >= 0.6 is 0 Å².